The first kappa shape index (κ1) is 26.5. The van der Waals surface area contributed by atoms with Gasteiger partial charge in [0.2, 0.25) is 0 Å². The molecule has 0 radical (unpaired) electrons. The van der Waals surface area contributed by atoms with Gasteiger partial charge in [-0.15, -0.1) is 0 Å². The van der Waals surface area contributed by atoms with E-state index in [1.807, 2.05) is 4.90 Å². The van der Waals surface area contributed by atoms with Gasteiger partial charge in [-0.1, -0.05) is 0 Å². The Morgan fingerprint density at radius 3 is 2.23 bits per heavy atom. The number of nitro groups is 2. The predicted octanol–water partition coefficient (Wildman–Crippen LogP) is 2.80. The third kappa shape index (κ3) is 4.24. The van der Waals surface area contributed by atoms with Crippen molar-refractivity contribution in [3.8, 4) is 11.5 Å². The summed E-state index contributed by atoms with van der Waals surface area (Å²) < 4.78 is 13.0. The van der Waals surface area contributed by atoms with Crippen LogP contribution in [-0.4, -0.2) is 56.3 Å². The van der Waals surface area contributed by atoms with Crippen LogP contribution in [0.15, 0.2) is 40.2 Å². The Morgan fingerprint density at radius 1 is 0.950 bits per heavy atom. The first-order chi connectivity index (χ1) is 19.2. The number of benzene rings is 2. The van der Waals surface area contributed by atoms with E-state index in [9.17, 15) is 29.8 Å². The van der Waals surface area contributed by atoms with Crippen LogP contribution in [0.3, 0.4) is 0 Å². The number of rotatable bonds is 7. The number of fused-ring (bicyclic) bond motifs is 2. The lowest BCUT2D eigenvalue weighted by atomic mass is 10.0. The van der Waals surface area contributed by atoms with Crippen molar-refractivity contribution in [2.75, 3.05) is 32.2 Å². The minimum atomic E-state index is -0.820. The van der Waals surface area contributed by atoms with Gasteiger partial charge < -0.3 is 14.4 Å². The Balaban J connectivity index is 1.55. The molecule has 15 heteroatoms. The van der Waals surface area contributed by atoms with Crippen molar-refractivity contribution in [1.29, 1.82) is 0 Å². The van der Waals surface area contributed by atoms with Gasteiger partial charge in [-0.2, -0.15) is 0 Å². The number of nitrogens with zero attached hydrogens (tertiary/aromatic N) is 7. The molecular weight excluding hydrogens is 526 g/mol. The molecule has 2 aromatic carbocycles. The molecule has 0 spiro atoms. The summed E-state index contributed by atoms with van der Waals surface area (Å²) in [4.78, 5) is 59.5. The Labute approximate surface area is 225 Å². The molecule has 1 aliphatic rings. The fraction of sp³-hybridized carbons (Fsp3) is 0.360. The lowest BCUT2D eigenvalue weighted by molar-refractivity contribution is -0.393. The van der Waals surface area contributed by atoms with Gasteiger partial charge in [0.25, 0.3) is 11.2 Å². The van der Waals surface area contributed by atoms with Crippen LogP contribution in [0.2, 0.25) is 0 Å². The summed E-state index contributed by atoms with van der Waals surface area (Å²) in [7, 11) is 3.07. The third-order valence-electron chi connectivity index (χ3n) is 7.20. The highest BCUT2D eigenvalue weighted by molar-refractivity contribution is 5.92. The summed E-state index contributed by atoms with van der Waals surface area (Å²) in [5.41, 5.74) is -2.31. The van der Waals surface area contributed by atoms with Crippen LogP contribution < -0.4 is 25.6 Å². The number of hydrogen-bond acceptors (Lipinski definition) is 11. The van der Waals surface area contributed by atoms with Gasteiger partial charge in [0.05, 0.1) is 41.0 Å². The van der Waals surface area contributed by atoms with E-state index in [1.165, 1.54) is 20.5 Å². The molecule has 1 saturated heterocycles. The smallest absolute Gasteiger partial charge is 0.331 e. The first-order valence-electron chi connectivity index (χ1n) is 12.4. The summed E-state index contributed by atoms with van der Waals surface area (Å²) in [5.74, 6) is 1.71. The quantitative estimate of drug-likeness (QED) is 0.244. The van der Waals surface area contributed by atoms with Gasteiger partial charge in [-0.3, -0.25) is 34.2 Å². The van der Waals surface area contributed by atoms with E-state index in [1.54, 1.807) is 19.1 Å². The van der Waals surface area contributed by atoms with Crippen LogP contribution in [0.4, 0.5) is 17.2 Å². The first-order valence-corrected chi connectivity index (χ1v) is 12.4. The molecule has 3 heterocycles. The molecule has 0 amide bonds. The second-order valence-electron chi connectivity index (χ2n) is 9.22. The lowest BCUT2D eigenvalue weighted by Gasteiger charge is -2.34. The molecule has 1 fully saturated rings. The number of methoxy groups -OCH3 is 2. The largest absolute Gasteiger partial charge is 0.493 e. The van der Waals surface area contributed by atoms with Crippen LogP contribution in [0.1, 0.15) is 25.8 Å². The minimum Gasteiger partial charge on any atom is -0.493 e. The highest BCUT2D eigenvalue weighted by atomic mass is 16.6. The summed E-state index contributed by atoms with van der Waals surface area (Å²) in [5, 5.41) is 23.7. The highest BCUT2D eigenvalue weighted by Crippen LogP contribution is 2.36. The maximum absolute atomic E-state index is 13.6. The summed E-state index contributed by atoms with van der Waals surface area (Å²) in [6, 6.07) is 4.79. The second-order valence-corrected chi connectivity index (χ2v) is 9.22. The number of hydrogen-bond donors (Lipinski definition) is 0. The SMILES string of the molecule is CCn1c(=O)n(C2CCN(c3ncnc4cc(OC)c(OC)cc34)CC2)c(=O)c2cc([N+](=O)[O-])cc([N+](=O)[O-])c21. The average Bonchev–Trinajstić information content (AvgIpc) is 2.96. The molecule has 0 aliphatic carbocycles. The fourth-order valence-electron chi connectivity index (χ4n) is 5.31. The van der Waals surface area contributed by atoms with Gasteiger partial charge >= 0.3 is 11.4 Å². The molecule has 40 heavy (non-hydrogen) atoms. The maximum Gasteiger partial charge on any atom is 0.331 e. The number of piperidine rings is 1. The summed E-state index contributed by atoms with van der Waals surface area (Å²) >= 11 is 0. The molecule has 5 rings (SSSR count). The van der Waals surface area contributed by atoms with Gasteiger partial charge in [0.1, 0.15) is 17.7 Å². The predicted molar refractivity (Wildman–Crippen MR) is 145 cm³/mol. The molecule has 0 atom stereocenters. The third-order valence-corrected chi connectivity index (χ3v) is 7.20. The van der Waals surface area contributed by atoms with Crippen molar-refractivity contribution in [2.45, 2.75) is 32.4 Å². The van der Waals surface area contributed by atoms with E-state index < -0.39 is 38.5 Å². The molecule has 0 unspecified atom stereocenters. The van der Waals surface area contributed by atoms with Crippen molar-refractivity contribution in [3.63, 3.8) is 0 Å². The average molecular weight is 552 g/mol. The number of non-ortho nitro benzene ring substituents is 2. The molecule has 1 aliphatic heterocycles. The zero-order valence-corrected chi connectivity index (χ0v) is 21.9. The standard InChI is InChI=1S/C25H25N7O8/c1-4-29-22-17(9-15(31(35)36)10-19(22)32(37)38)24(33)30(25(29)34)14-5-7-28(8-6-14)23-16-11-20(39-2)21(40-3)12-18(16)26-13-27-23/h9-14H,4-8H2,1-3H3. The molecule has 15 nitrogen and oxygen atoms in total. The molecule has 208 valence electrons. The molecule has 0 N–H and O–H groups in total. The van der Waals surface area contributed by atoms with Crippen molar-refractivity contribution >= 4 is 39.0 Å². The maximum atomic E-state index is 13.6. The van der Waals surface area contributed by atoms with Crippen LogP contribution in [0.5, 0.6) is 11.5 Å². The van der Waals surface area contributed by atoms with Gasteiger partial charge in [-0.05, 0) is 25.8 Å². The Morgan fingerprint density at radius 2 is 1.62 bits per heavy atom. The van der Waals surface area contributed by atoms with Crippen molar-refractivity contribution < 1.29 is 19.3 Å². The number of aromatic nitrogens is 4. The van der Waals surface area contributed by atoms with Crippen LogP contribution >= 0.6 is 0 Å². The van der Waals surface area contributed by atoms with E-state index in [0.29, 0.717) is 48.8 Å². The number of aryl methyl sites for hydroxylation is 1. The topological polar surface area (TPSA) is 178 Å². The zero-order chi connectivity index (χ0) is 28.7. The molecule has 4 aromatic rings. The summed E-state index contributed by atoms with van der Waals surface area (Å²) in [6.45, 7) is 2.53. The zero-order valence-electron chi connectivity index (χ0n) is 21.9. The van der Waals surface area contributed by atoms with Gasteiger partial charge in [-0.25, -0.2) is 14.8 Å². The Bertz CT molecular complexity index is 1790. The fourth-order valence-corrected chi connectivity index (χ4v) is 5.31. The number of anilines is 1. The van der Waals surface area contributed by atoms with Gasteiger partial charge in [0.15, 0.2) is 11.5 Å². The van der Waals surface area contributed by atoms with Gasteiger partial charge in [0, 0.05) is 43.2 Å². The minimum absolute atomic E-state index is 0.0331. The van der Waals surface area contributed by atoms with Crippen LogP contribution in [-0.2, 0) is 6.54 Å². The Hall–Kier alpha value is -5.08. The Kier molecular flexibility index (Phi) is 6.79. The molecule has 2 aromatic heterocycles. The van der Waals surface area contributed by atoms with E-state index >= 15 is 0 Å². The van der Waals surface area contributed by atoms with Crippen molar-refractivity contribution in [3.05, 3.63) is 71.7 Å². The van der Waals surface area contributed by atoms with Crippen molar-refractivity contribution in [1.82, 2.24) is 19.1 Å². The van der Waals surface area contributed by atoms with Crippen molar-refractivity contribution in [2.24, 2.45) is 0 Å². The summed E-state index contributed by atoms with van der Waals surface area (Å²) in [6.07, 6.45) is 2.23. The van der Waals surface area contributed by atoms with E-state index in [2.05, 4.69) is 9.97 Å². The van der Waals surface area contributed by atoms with Crippen LogP contribution in [0, 0.1) is 20.2 Å². The van der Waals surface area contributed by atoms with E-state index in [0.717, 1.165) is 26.7 Å². The number of nitro benzene ring substituents is 2. The monoisotopic (exact) mass is 551 g/mol. The molecular formula is C25H25N7O8. The van der Waals surface area contributed by atoms with E-state index in [-0.39, 0.29) is 17.4 Å². The second kappa shape index (κ2) is 10.2. The number of ether oxygens (including phenoxy) is 2. The molecule has 0 saturated carbocycles. The normalized spacial score (nSPS) is 14.0. The molecule has 0 bridgehead atoms. The lowest BCUT2D eigenvalue weighted by Crippen LogP contribution is -2.46. The highest BCUT2D eigenvalue weighted by Gasteiger charge is 2.30. The van der Waals surface area contributed by atoms with E-state index in [4.69, 9.17) is 9.47 Å². The van der Waals surface area contributed by atoms with Crippen LogP contribution in [0.25, 0.3) is 21.8 Å².